The second-order valence-corrected chi connectivity index (χ2v) is 4.54. The summed E-state index contributed by atoms with van der Waals surface area (Å²) in [4.78, 5) is 32.9. The van der Waals surface area contributed by atoms with Crippen LogP contribution in [0, 0.1) is 10.1 Å². The molecule has 0 bridgehead atoms. The van der Waals surface area contributed by atoms with E-state index in [9.17, 15) is 19.7 Å². The third-order valence-corrected chi connectivity index (χ3v) is 2.86. The van der Waals surface area contributed by atoms with Gasteiger partial charge in [0.15, 0.2) is 5.76 Å². The first-order valence-electron chi connectivity index (χ1n) is 6.75. The zero-order chi connectivity index (χ0) is 17.0. The standard InChI is InChI=1S/C15H14N2O6/c1-3-22-14-8-10(17(20)21)4-5-11(14)12-6-7-13(23-12)15(19)16-9(2)18/h4-8H,3H2,1-2H3,(H,16,18,19). The number of carbonyl (C=O) groups is 2. The summed E-state index contributed by atoms with van der Waals surface area (Å²) < 4.78 is 10.8. The van der Waals surface area contributed by atoms with Gasteiger partial charge in [0.25, 0.3) is 11.6 Å². The van der Waals surface area contributed by atoms with Gasteiger partial charge >= 0.3 is 0 Å². The van der Waals surface area contributed by atoms with Crippen molar-refractivity contribution in [2.45, 2.75) is 13.8 Å². The Kier molecular flexibility index (Phi) is 4.75. The molecule has 2 aromatic rings. The minimum Gasteiger partial charge on any atom is -0.493 e. The van der Waals surface area contributed by atoms with Crippen LogP contribution >= 0.6 is 0 Å². The van der Waals surface area contributed by atoms with Gasteiger partial charge in [-0.2, -0.15) is 0 Å². The molecule has 0 atom stereocenters. The number of nitrogens with one attached hydrogen (secondary N) is 1. The van der Waals surface area contributed by atoms with E-state index in [2.05, 4.69) is 5.32 Å². The van der Waals surface area contributed by atoms with E-state index in [1.807, 2.05) is 0 Å². The van der Waals surface area contributed by atoms with Gasteiger partial charge in [-0.15, -0.1) is 0 Å². The number of carbonyl (C=O) groups excluding carboxylic acids is 2. The lowest BCUT2D eigenvalue weighted by atomic mass is 10.1. The number of furan rings is 1. The molecule has 8 nitrogen and oxygen atoms in total. The number of ether oxygens (including phenoxy) is 1. The molecule has 0 unspecified atom stereocenters. The first-order valence-corrected chi connectivity index (χ1v) is 6.75. The van der Waals surface area contributed by atoms with Crippen molar-refractivity contribution in [3.8, 4) is 17.1 Å². The monoisotopic (exact) mass is 318 g/mol. The van der Waals surface area contributed by atoms with Crippen molar-refractivity contribution in [3.05, 3.63) is 46.2 Å². The maximum atomic E-state index is 11.7. The number of imide groups is 1. The van der Waals surface area contributed by atoms with Crippen LogP contribution in [0.2, 0.25) is 0 Å². The number of nitro benzene ring substituents is 1. The van der Waals surface area contributed by atoms with Gasteiger partial charge in [0, 0.05) is 13.0 Å². The highest BCUT2D eigenvalue weighted by Gasteiger charge is 2.18. The number of benzene rings is 1. The smallest absolute Gasteiger partial charge is 0.293 e. The fourth-order valence-electron chi connectivity index (χ4n) is 1.93. The lowest BCUT2D eigenvalue weighted by Gasteiger charge is -2.08. The molecule has 1 aromatic carbocycles. The second-order valence-electron chi connectivity index (χ2n) is 4.54. The highest BCUT2D eigenvalue weighted by atomic mass is 16.6. The molecular formula is C15H14N2O6. The van der Waals surface area contributed by atoms with Crippen molar-refractivity contribution in [2.24, 2.45) is 0 Å². The largest absolute Gasteiger partial charge is 0.493 e. The summed E-state index contributed by atoms with van der Waals surface area (Å²) in [5, 5.41) is 12.9. The van der Waals surface area contributed by atoms with Gasteiger partial charge in [-0.3, -0.25) is 25.0 Å². The SMILES string of the molecule is CCOc1cc([N+](=O)[O-])ccc1-c1ccc(C(=O)NC(C)=O)o1. The molecule has 0 saturated heterocycles. The lowest BCUT2D eigenvalue weighted by Crippen LogP contribution is -2.27. The number of nitrogens with zero attached hydrogens (tertiary/aromatic N) is 1. The van der Waals surface area contributed by atoms with Crippen LogP contribution in [0.3, 0.4) is 0 Å². The summed E-state index contributed by atoms with van der Waals surface area (Å²) in [6.45, 7) is 3.27. The first kappa shape index (κ1) is 16.2. The number of nitro groups is 1. The van der Waals surface area contributed by atoms with Gasteiger partial charge in [0.2, 0.25) is 5.91 Å². The molecule has 0 spiro atoms. The molecule has 2 rings (SSSR count). The number of rotatable bonds is 5. The molecule has 120 valence electrons. The minimum atomic E-state index is -0.663. The Balaban J connectivity index is 2.38. The molecular weight excluding hydrogens is 304 g/mol. The maximum Gasteiger partial charge on any atom is 0.293 e. The Morgan fingerprint density at radius 3 is 2.65 bits per heavy atom. The number of non-ortho nitro benzene ring substituents is 1. The van der Waals surface area contributed by atoms with E-state index in [-0.39, 0.29) is 17.2 Å². The zero-order valence-corrected chi connectivity index (χ0v) is 12.5. The van der Waals surface area contributed by atoms with Crippen LogP contribution in [0.5, 0.6) is 5.75 Å². The van der Waals surface area contributed by atoms with Crippen molar-refractivity contribution in [1.82, 2.24) is 5.32 Å². The van der Waals surface area contributed by atoms with Crippen LogP contribution < -0.4 is 10.1 Å². The molecule has 8 heteroatoms. The molecule has 0 fully saturated rings. The van der Waals surface area contributed by atoms with E-state index in [0.717, 1.165) is 0 Å². The van der Waals surface area contributed by atoms with Crippen LogP contribution in [-0.4, -0.2) is 23.3 Å². The van der Waals surface area contributed by atoms with Crippen molar-refractivity contribution in [1.29, 1.82) is 0 Å². The minimum absolute atomic E-state index is 0.0454. The summed E-state index contributed by atoms with van der Waals surface area (Å²) in [7, 11) is 0. The molecule has 0 radical (unpaired) electrons. The summed E-state index contributed by atoms with van der Waals surface area (Å²) in [6.07, 6.45) is 0. The average molecular weight is 318 g/mol. The van der Waals surface area contributed by atoms with E-state index in [4.69, 9.17) is 9.15 Å². The van der Waals surface area contributed by atoms with Gasteiger partial charge in [0.1, 0.15) is 11.5 Å². The van der Waals surface area contributed by atoms with Gasteiger partial charge in [0.05, 0.1) is 23.2 Å². The summed E-state index contributed by atoms with van der Waals surface area (Å²) >= 11 is 0. The average Bonchev–Trinajstić information content (AvgIpc) is 2.96. The number of hydrogen-bond acceptors (Lipinski definition) is 6. The van der Waals surface area contributed by atoms with Crippen LogP contribution in [0.25, 0.3) is 11.3 Å². The Bertz CT molecular complexity index is 765. The summed E-state index contributed by atoms with van der Waals surface area (Å²) in [5.74, 6) is -0.635. The van der Waals surface area contributed by atoms with Crippen LogP contribution in [0.1, 0.15) is 24.4 Å². The molecule has 1 N–H and O–H groups in total. The number of amides is 2. The Morgan fingerprint density at radius 1 is 1.30 bits per heavy atom. The highest BCUT2D eigenvalue weighted by molar-refractivity contribution is 6.02. The van der Waals surface area contributed by atoms with Crippen molar-refractivity contribution in [2.75, 3.05) is 6.61 Å². The number of hydrogen-bond donors (Lipinski definition) is 1. The predicted octanol–water partition coefficient (Wildman–Crippen LogP) is 2.53. The van der Waals surface area contributed by atoms with Gasteiger partial charge in [-0.05, 0) is 25.1 Å². The summed E-state index contributed by atoms with van der Waals surface area (Å²) in [6, 6.07) is 7.02. The Hall–Kier alpha value is -3.16. The molecule has 2 amide bonds. The van der Waals surface area contributed by atoms with Gasteiger partial charge < -0.3 is 9.15 Å². The van der Waals surface area contributed by atoms with Crippen molar-refractivity contribution < 1.29 is 23.7 Å². The quantitative estimate of drug-likeness (QED) is 0.669. The van der Waals surface area contributed by atoms with E-state index < -0.39 is 16.7 Å². The third-order valence-electron chi connectivity index (χ3n) is 2.86. The highest BCUT2D eigenvalue weighted by Crippen LogP contribution is 2.34. The van der Waals surface area contributed by atoms with E-state index in [1.165, 1.54) is 37.3 Å². The molecule has 0 aliphatic heterocycles. The molecule has 0 aliphatic rings. The van der Waals surface area contributed by atoms with Crippen LogP contribution in [-0.2, 0) is 4.79 Å². The molecule has 23 heavy (non-hydrogen) atoms. The third kappa shape index (κ3) is 3.73. The topological polar surface area (TPSA) is 112 Å². The molecule has 1 heterocycles. The Labute approximate surface area is 131 Å². The first-order chi connectivity index (χ1) is 10.9. The van der Waals surface area contributed by atoms with E-state index in [1.54, 1.807) is 6.92 Å². The Morgan fingerprint density at radius 2 is 2.04 bits per heavy atom. The van der Waals surface area contributed by atoms with Crippen molar-refractivity contribution in [3.63, 3.8) is 0 Å². The van der Waals surface area contributed by atoms with Crippen LogP contribution in [0.4, 0.5) is 5.69 Å². The van der Waals surface area contributed by atoms with Crippen molar-refractivity contribution >= 4 is 17.5 Å². The van der Waals surface area contributed by atoms with Gasteiger partial charge in [-0.1, -0.05) is 0 Å². The fraction of sp³-hybridized carbons (Fsp3) is 0.200. The van der Waals surface area contributed by atoms with E-state index in [0.29, 0.717) is 17.9 Å². The normalized spacial score (nSPS) is 10.2. The van der Waals surface area contributed by atoms with Crippen LogP contribution in [0.15, 0.2) is 34.7 Å². The molecule has 0 aliphatic carbocycles. The predicted molar refractivity (Wildman–Crippen MR) is 80.1 cm³/mol. The van der Waals surface area contributed by atoms with Gasteiger partial charge in [-0.25, -0.2) is 0 Å². The maximum absolute atomic E-state index is 11.7. The zero-order valence-electron chi connectivity index (χ0n) is 12.5. The fourth-order valence-corrected chi connectivity index (χ4v) is 1.93. The lowest BCUT2D eigenvalue weighted by molar-refractivity contribution is -0.384. The molecule has 1 aromatic heterocycles. The second kappa shape index (κ2) is 6.73. The molecule has 0 saturated carbocycles. The van der Waals surface area contributed by atoms with E-state index >= 15 is 0 Å². The summed E-state index contributed by atoms with van der Waals surface area (Å²) in [5.41, 5.74) is 0.359.